The van der Waals surface area contributed by atoms with Crippen molar-refractivity contribution in [2.75, 3.05) is 13.7 Å². The predicted octanol–water partition coefficient (Wildman–Crippen LogP) is 2.42. The van der Waals surface area contributed by atoms with Crippen molar-refractivity contribution in [2.24, 2.45) is 0 Å². The van der Waals surface area contributed by atoms with Crippen molar-refractivity contribution in [2.45, 2.75) is 43.6 Å². The van der Waals surface area contributed by atoms with E-state index in [9.17, 15) is 5.11 Å². The van der Waals surface area contributed by atoms with Crippen molar-refractivity contribution in [1.29, 1.82) is 0 Å². The van der Waals surface area contributed by atoms with Gasteiger partial charge in [-0.05, 0) is 5.56 Å². The molecule has 2 fully saturated rings. The zero-order valence-electron chi connectivity index (χ0n) is 15.1. The first-order chi connectivity index (χ1) is 13.3. The summed E-state index contributed by atoms with van der Waals surface area (Å²) in [6.07, 6.45) is -3.70. The lowest BCUT2D eigenvalue weighted by molar-refractivity contribution is -0.363. The summed E-state index contributed by atoms with van der Waals surface area (Å²) in [5.41, 5.74) is 1.94. The molecule has 0 bridgehead atoms. The van der Waals surface area contributed by atoms with Crippen LogP contribution in [0, 0.1) is 0 Å². The van der Waals surface area contributed by atoms with E-state index in [-0.39, 0.29) is 6.10 Å². The third-order valence-corrected chi connectivity index (χ3v) is 4.90. The summed E-state index contributed by atoms with van der Waals surface area (Å²) in [4.78, 5) is 0. The number of fused-ring (bicyclic) bond motifs is 1. The monoisotopic (exact) mass is 372 g/mol. The van der Waals surface area contributed by atoms with Gasteiger partial charge in [-0.15, -0.1) is 0 Å². The topological polar surface area (TPSA) is 66.4 Å². The van der Waals surface area contributed by atoms with Crippen molar-refractivity contribution >= 4 is 0 Å². The van der Waals surface area contributed by atoms with Crippen LogP contribution in [0.25, 0.3) is 0 Å². The molecule has 0 saturated carbocycles. The molecule has 0 radical (unpaired) electrons. The van der Waals surface area contributed by atoms with E-state index >= 15 is 0 Å². The minimum Gasteiger partial charge on any atom is -0.385 e. The van der Waals surface area contributed by atoms with Gasteiger partial charge < -0.3 is 28.8 Å². The lowest BCUT2D eigenvalue weighted by Crippen LogP contribution is -2.62. The number of aliphatic hydroxyl groups excluding tert-OH is 1. The normalized spacial score (nSPS) is 33.4. The highest BCUT2D eigenvalue weighted by Crippen LogP contribution is 2.35. The van der Waals surface area contributed by atoms with Crippen LogP contribution in [0.4, 0.5) is 0 Å². The largest absolute Gasteiger partial charge is 0.385 e. The Labute approximate surface area is 158 Å². The molecule has 0 aromatic heterocycles. The van der Waals surface area contributed by atoms with Gasteiger partial charge in [-0.1, -0.05) is 60.7 Å². The second-order valence-electron chi connectivity index (χ2n) is 6.71. The second kappa shape index (κ2) is 8.48. The van der Waals surface area contributed by atoms with Gasteiger partial charge in [0.25, 0.3) is 0 Å². The van der Waals surface area contributed by atoms with E-state index < -0.39 is 30.9 Å². The van der Waals surface area contributed by atoms with E-state index in [0.29, 0.717) is 13.2 Å². The molecule has 1 unspecified atom stereocenters. The lowest BCUT2D eigenvalue weighted by atomic mass is 9.97. The first kappa shape index (κ1) is 18.6. The van der Waals surface area contributed by atoms with Gasteiger partial charge in [-0.3, -0.25) is 0 Å². The molecule has 2 aliphatic heterocycles. The fraction of sp³-hybridized carbons (Fsp3) is 0.429. The highest BCUT2D eigenvalue weighted by Gasteiger charge is 2.50. The average molecular weight is 372 g/mol. The maximum absolute atomic E-state index is 10.7. The quantitative estimate of drug-likeness (QED) is 0.870. The Balaban J connectivity index is 1.51. The number of rotatable bonds is 5. The van der Waals surface area contributed by atoms with Gasteiger partial charge in [0.2, 0.25) is 0 Å². The number of aliphatic hydroxyl groups is 1. The van der Waals surface area contributed by atoms with Gasteiger partial charge in [-0.2, -0.15) is 0 Å². The second-order valence-corrected chi connectivity index (χ2v) is 6.71. The molecular formula is C21H24O6. The van der Waals surface area contributed by atoms with Crippen LogP contribution in [-0.4, -0.2) is 49.5 Å². The van der Waals surface area contributed by atoms with Crippen LogP contribution in [0.15, 0.2) is 60.7 Å². The molecule has 27 heavy (non-hydrogen) atoms. The van der Waals surface area contributed by atoms with Gasteiger partial charge in [0.15, 0.2) is 12.6 Å². The van der Waals surface area contributed by atoms with Gasteiger partial charge >= 0.3 is 0 Å². The number of ether oxygens (including phenoxy) is 5. The van der Waals surface area contributed by atoms with Crippen molar-refractivity contribution in [3.8, 4) is 0 Å². The van der Waals surface area contributed by atoms with Gasteiger partial charge in [0.05, 0.1) is 13.2 Å². The van der Waals surface area contributed by atoms with Crippen LogP contribution in [0.3, 0.4) is 0 Å². The Kier molecular flexibility index (Phi) is 5.83. The maximum Gasteiger partial charge on any atom is 0.186 e. The van der Waals surface area contributed by atoms with E-state index in [1.807, 2.05) is 60.7 Å². The van der Waals surface area contributed by atoms with Crippen LogP contribution in [0.1, 0.15) is 17.4 Å². The molecule has 2 aromatic rings. The Hall–Kier alpha value is -1.80. The average Bonchev–Trinajstić information content (AvgIpc) is 2.74. The van der Waals surface area contributed by atoms with E-state index in [0.717, 1.165) is 11.1 Å². The summed E-state index contributed by atoms with van der Waals surface area (Å²) in [6.45, 7) is 0.699. The highest BCUT2D eigenvalue weighted by atomic mass is 16.8. The van der Waals surface area contributed by atoms with Gasteiger partial charge in [-0.25, -0.2) is 0 Å². The molecule has 0 aliphatic carbocycles. The minimum atomic E-state index is -0.963. The van der Waals surface area contributed by atoms with Crippen molar-refractivity contribution in [3.05, 3.63) is 71.8 Å². The maximum atomic E-state index is 10.7. The molecule has 6 nitrogen and oxygen atoms in total. The smallest absolute Gasteiger partial charge is 0.186 e. The zero-order chi connectivity index (χ0) is 18.6. The summed E-state index contributed by atoms with van der Waals surface area (Å²) in [7, 11) is 1.50. The Morgan fingerprint density at radius 3 is 2.41 bits per heavy atom. The molecule has 6 heteroatoms. The standard InChI is InChI=1S/C21H24O6/c1-23-21-17(22)19(24-12-14-8-4-2-5-9-14)18-16(26-21)13-25-20(27-18)15-10-6-3-7-11-15/h2-11,16-22H,12-13H2,1H3/t16-,17-,18+,19-,20?,21+/m1/s1. The molecule has 2 saturated heterocycles. The Bertz CT molecular complexity index is 709. The van der Waals surface area contributed by atoms with Crippen LogP contribution in [0.2, 0.25) is 0 Å². The molecule has 2 aliphatic rings. The summed E-state index contributed by atoms with van der Waals surface area (Å²) in [6, 6.07) is 19.5. The van der Waals surface area contributed by atoms with Crippen LogP contribution in [0.5, 0.6) is 0 Å². The minimum absolute atomic E-state index is 0.335. The summed E-state index contributed by atoms with van der Waals surface area (Å²) >= 11 is 0. The molecule has 0 spiro atoms. The summed E-state index contributed by atoms with van der Waals surface area (Å²) < 4.78 is 29.2. The number of hydrogen-bond acceptors (Lipinski definition) is 6. The SMILES string of the molecule is CO[C@H]1O[C@@H]2COC(c3ccccc3)O[C@@H]2[C@H](OCc2ccccc2)[C@H]1O. The number of hydrogen-bond donors (Lipinski definition) is 1. The van der Waals surface area contributed by atoms with Crippen molar-refractivity contribution in [1.82, 2.24) is 0 Å². The molecule has 144 valence electrons. The lowest BCUT2D eigenvalue weighted by Gasteiger charge is -2.47. The van der Waals surface area contributed by atoms with E-state index in [1.54, 1.807) is 0 Å². The fourth-order valence-electron chi connectivity index (χ4n) is 3.49. The number of methoxy groups -OCH3 is 1. The Morgan fingerprint density at radius 1 is 1.00 bits per heavy atom. The van der Waals surface area contributed by atoms with E-state index in [4.69, 9.17) is 23.7 Å². The predicted molar refractivity (Wildman–Crippen MR) is 96.7 cm³/mol. The Morgan fingerprint density at radius 2 is 1.70 bits per heavy atom. The molecule has 1 N–H and O–H groups in total. The van der Waals surface area contributed by atoms with Crippen LogP contribution < -0.4 is 0 Å². The molecular weight excluding hydrogens is 348 g/mol. The van der Waals surface area contributed by atoms with Crippen molar-refractivity contribution in [3.63, 3.8) is 0 Å². The number of benzene rings is 2. The first-order valence-electron chi connectivity index (χ1n) is 9.10. The molecule has 2 aromatic carbocycles. The third-order valence-electron chi connectivity index (χ3n) is 4.90. The van der Waals surface area contributed by atoms with Gasteiger partial charge in [0.1, 0.15) is 24.4 Å². The third kappa shape index (κ3) is 4.06. The first-order valence-corrected chi connectivity index (χ1v) is 9.10. The van der Waals surface area contributed by atoms with Gasteiger partial charge in [0, 0.05) is 12.7 Å². The molecule has 0 amide bonds. The molecule has 2 heterocycles. The molecule has 4 rings (SSSR count). The van der Waals surface area contributed by atoms with E-state index in [1.165, 1.54) is 7.11 Å². The van der Waals surface area contributed by atoms with E-state index in [2.05, 4.69) is 0 Å². The fourth-order valence-corrected chi connectivity index (χ4v) is 3.49. The summed E-state index contributed by atoms with van der Waals surface area (Å²) in [5.74, 6) is 0. The van der Waals surface area contributed by atoms with Crippen LogP contribution >= 0.6 is 0 Å². The zero-order valence-corrected chi connectivity index (χ0v) is 15.1. The highest BCUT2D eigenvalue weighted by molar-refractivity contribution is 5.17. The van der Waals surface area contributed by atoms with Crippen molar-refractivity contribution < 1.29 is 28.8 Å². The van der Waals surface area contributed by atoms with Crippen LogP contribution in [-0.2, 0) is 30.3 Å². The summed E-state index contributed by atoms with van der Waals surface area (Å²) in [5, 5.41) is 10.7. The molecule has 6 atom stereocenters.